The zero-order valence-corrected chi connectivity index (χ0v) is 12.5. The van der Waals surface area contributed by atoms with Crippen LogP contribution >= 0.6 is 34.4 Å². The highest BCUT2D eigenvalue weighted by molar-refractivity contribution is 8.02. The average Bonchev–Trinajstić information content (AvgIpc) is 2.97. The molecule has 96 valence electrons. The third-order valence-electron chi connectivity index (χ3n) is 2.17. The molecule has 0 bridgehead atoms. The van der Waals surface area contributed by atoms with Crippen molar-refractivity contribution in [3.8, 4) is 0 Å². The van der Waals surface area contributed by atoms with Crippen molar-refractivity contribution in [3.05, 3.63) is 27.4 Å². The molecule has 2 aromatic rings. The van der Waals surface area contributed by atoms with Gasteiger partial charge in [0.25, 0.3) is 0 Å². The number of aromatic nitrogens is 2. The fraction of sp³-hybridized carbons (Fsp3) is 0.364. The van der Waals surface area contributed by atoms with Gasteiger partial charge >= 0.3 is 0 Å². The predicted octanol–water partition coefficient (Wildman–Crippen LogP) is 2.71. The first kappa shape index (κ1) is 13.5. The second kappa shape index (κ2) is 6.31. The highest BCUT2D eigenvalue weighted by Crippen LogP contribution is 2.26. The largest absolute Gasteiger partial charge is 0.350 e. The number of carbonyl (C=O) groups excluding carboxylic acids is 1. The Balaban J connectivity index is 1.81. The van der Waals surface area contributed by atoms with E-state index in [1.165, 1.54) is 23.1 Å². The molecule has 4 nitrogen and oxygen atoms in total. The highest BCUT2D eigenvalue weighted by Gasteiger charge is 2.16. The Morgan fingerprint density at radius 2 is 2.39 bits per heavy atom. The minimum Gasteiger partial charge on any atom is -0.350 e. The third-order valence-corrected chi connectivity index (χ3v) is 5.07. The monoisotopic (exact) mass is 299 g/mol. The van der Waals surface area contributed by atoms with Crippen LogP contribution in [0.25, 0.3) is 0 Å². The Morgan fingerprint density at radius 1 is 1.56 bits per heavy atom. The van der Waals surface area contributed by atoms with Gasteiger partial charge < -0.3 is 5.32 Å². The first-order valence-corrected chi connectivity index (χ1v) is 7.99. The van der Waals surface area contributed by atoms with Crippen molar-refractivity contribution < 1.29 is 4.79 Å². The van der Waals surface area contributed by atoms with Crippen molar-refractivity contribution in [1.29, 1.82) is 0 Å². The van der Waals surface area contributed by atoms with Gasteiger partial charge in [0.1, 0.15) is 5.01 Å². The van der Waals surface area contributed by atoms with E-state index < -0.39 is 0 Å². The van der Waals surface area contributed by atoms with Crippen LogP contribution in [0.15, 0.2) is 21.9 Å². The van der Waals surface area contributed by atoms with Crippen molar-refractivity contribution in [2.45, 2.75) is 30.0 Å². The maximum absolute atomic E-state index is 11.9. The summed E-state index contributed by atoms with van der Waals surface area (Å²) >= 11 is 4.60. The molecule has 0 radical (unpaired) electrons. The summed E-state index contributed by atoms with van der Waals surface area (Å²) in [5.41, 5.74) is 0. The predicted molar refractivity (Wildman–Crippen MR) is 76.1 cm³/mol. The molecular formula is C11H13N3OS3. The van der Waals surface area contributed by atoms with Crippen LogP contribution in [0.5, 0.6) is 0 Å². The summed E-state index contributed by atoms with van der Waals surface area (Å²) in [4.78, 5) is 13.0. The Bertz CT molecular complexity index is 509. The lowest BCUT2D eigenvalue weighted by Gasteiger charge is -2.09. The van der Waals surface area contributed by atoms with E-state index in [2.05, 4.69) is 15.5 Å². The number of thiophene rings is 1. The summed E-state index contributed by atoms with van der Waals surface area (Å²) in [6, 6.07) is 3.99. The molecule has 2 aromatic heterocycles. The van der Waals surface area contributed by atoms with E-state index in [4.69, 9.17) is 0 Å². The van der Waals surface area contributed by atoms with E-state index in [0.29, 0.717) is 6.54 Å². The van der Waals surface area contributed by atoms with E-state index in [1.54, 1.807) is 11.3 Å². The van der Waals surface area contributed by atoms with Crippen molar-refractivity contribution in [2.24, 2.45) is 0 Å². The molecule has 2 rings (SSSR count). The number of amides is 1. The second-order valence-corrected chi connectivity index (χ2v) is 7.45. The summed E-state index contributed by atoms with van der Waals surface area (Å²) in [6.45, 7) is 4.38. The second-order valence-electron chi connectivity index (χ2n) is 3.64. The van der Waals surface area contributed by atoms with Crippen molar-refractivity contribution in [2.75, 3.05) is 0 Å². The smallest absolute Gasteiger partial charge is 0.233 e. The molecule has 1 N–H and O–H groups in total. The summed E-state index contributed by atoms with van der Waals surface area (Å²) in [7, 11) is 0. The lowest BCUT2D eigenvalue weighted by atomic mass is 10.4. The van der Waals surface area contributed by atoms with Gasteiger partial charge in [-0.1, -0.05) is 29.2 Å². The van der Waals surface area contributed by atoms with Crippen molar-refractivity contribution >= 4 is 40.3 Å². The number of rotatable bonds is 5. The van der Waals surface area contributed by atoms with Crippen LogP contribution in [-0.2, 0) is 11.3 Å². The van der Waals surface area contributed by atoms with Crippen LogP contribution < -0.4 is 5.32 Å². The number of thioether (sulfide) groups is 1. The first-order chi connectivity index (χ1) is 8.65. The maximum atomic E-state index is 11.9. The molecule has 18 heavy (non-hydrogen) atoms. The van der Waals surface area contributed by atoms with Gasteiger partial charge in [0.05, 0.1) is 11.8 Å². The number of hydrogen-bond donors (Lipinski definition) is 1. The van der Waals surface area contributed by atoms with Crippen LogP contribution in [0.4, 0.5) is 0 Å². The Kier molecular flexibility index (Phi) is 4.73. The van der Waals surface area contributed by atoms with Crippen molar-refractivity contribution in [1.82, 2.24) is 15.5 Å². The molecule has 0 fully saturated rings. The number of aryl methyl sites for hydroxylation is 1. The van der Waals surface area contributed by atoms with Crippen LogP contribution in [0, 0.1) is 6.92 Å². The van der Waals surface area contributed by atoms with E-state index >= 15 is 0 Å². The van der Waals surface area contributed by atoms with Crippen LogP contribution in [0.2, 0.25) is 0 Å². The molecule has 0 saturated heterocycles. The summed E-state index contributed by atoms with van der Waals surface area (Å²) in [5, 5.41) is 13.6. The molecule has 0 spiro atoms. The van der Waals surface area contributed by atoms with Gasteiger partial charge in [-0.2, -0.15) is 0 Å². The van der Waals surface area contributed by atoms with E-state index in [9.17, 15) is 4.79 Å². The maximum Gasteiger partial charge on any atom is 0.233 e. The minimum absolute atomic E-state index is 0.0289. The molecular weight excluding hydrogens is 286 g/mol. The lowest BCUT2D eigenvalue weighted by molar-refractivity contribution is -0.120. The highest BCUT2D eigenvalue weighted by atomic mass is 32.2. The molecule has 0 aromatic carbocycles. The van der Waals surface area contributed by atoms with Gasteiger partial charge in [0.15, 0.2) is 4.34 Å². The molecule has 0 aliphatic rings. The molecule has 2 heterocycles. The first-order valence-electron chi connectivity index (χ1n) is 5.42. The Labute approximate surface area is 118 Å². The molecule has 0 unspecified atom stereocenters. The Hall–Kier alpha value is -0.920. The van der Waals surface area contributed by atoms with Gasteiger partial charge in [-0.25, -0.2) is 0 Å². The van der Waals surface area contributed by atoms with Gasteiger partial charge in [0, 0.05) is 4.88 Å². The normalized spacial score (nSPS) is 12.3. The fourth-order valence-corrected chi connectivity index (χ4v) is 3.89. The number of hydrogen-bond acceptors (Lipinski definition) is 6. The molecule has 0 saturated carbocycles. The van der Waals surface area contributed by atoms with Gasteiger partial charge in [-0.05, 0) is 25.3 Å². The average molecular weight is 299 g/mol. The summed E-state index contributed by atoms with van der Waals surface area (Å²) in [6.07, 6.45) is 0. The summed E-state index contributed by atoms with van der Waals surface area (Å²) < 4.78 is 0.839. The molecule has 0 aliphatic carbocycles. The van der Waals surface area contributed by atoms with E-state index in [1.807, 2.05) is 31.4 Å². The Morgan fingerprint density at radius 3 is 3.00 bits per heavy atom. The van der Waals surface area contributed by atoms with Crippen molar-refractivity contribution in [3.63, 3.8) is 0 Å². The van der Waals surface area contributed by atoms with Gasteiger partial charge in [0.2, 0.25) is 5.91 Å². The summed E-state index contributed by atoms with van der Waals surface area (Å²) in [5.74, 6) is 0.0289. The fourth-order valence-electron chi connectivity index (χ4n) is 1.26. The van der Waals surface area contributed by atoms with Gasteiger partial charge in [-0.3, -0.25) is 4.79 Å². The molecule has 0 aliphatic heterocycles. The molecule has 1 atom stereocenters. The standard InChI is InChI=1S/C11H13N3OS3/c1-7(17-11-14-13-8(2)18-11)10(15)12-6-9-4-3-5-16-9/h3-5,7H,6H2,1-2H3,(H,12,15)/t7-/m1/s1. The number of nitrogens with zero attached hydrogens (tertiary/aromatic N) is 2. The SMILES string of the molecule is Cc1nnc(S[C@H](C)C(=O)NCc2cccs2)s1. The quantitative estimate of drug-likeness (QED) is 0.863. The number of carbonyl (C=O) groups is 1. The third kappa shape index (κ3) is 3.79. The molecule has 1 amide bonds. The topological polar surface area (TPSA) is 54.9 Å². The van der Waals surface area contributed by atoms with Crippen LogP contribution in [0.3, 0.4) is 0 Å². The van der Waals surface area contributed by atoms with E-state index in [0.717, 1.165) is 14.2 Å². The van der Waals surface area contributed by atoms with E-state index in [-0.39, 0.29) is 11.2 Å². The van der Waals surface area contributed by atoms with Crippen LogP contribution in [0.1, 0.15) is 16.8 Å². The minimum atomic E-state index is -0.155. The zero-order valence-electron chi connectivity index (χ0n) is 10.0. The van der Waals surface area contributed by atoms with Crippen LogP contribution in [-0.4, -0.2) is 21.4 Å². The van der Waals surface area contributed by atoms with Gasteiger partial charge in [-0.15, -0.1) is 21.5 Å². The number of nitrogens with one attached hydrogen (secondary N) is 1. The lowest BCUT2D eigenvalue weighted by Crippen LogP contribution is -2.30. The zero-order chi connectivity index (χ0) is 13.0. The molecule has 7 heteroatoms.